The van der Waals surface area contributed by atoms with E-state index in [0.717, 1.165) is 11.9 Å². The van der Waals surface area contributed by atoms with E-state index >= 15 is 0 Å². The highest BCUT2D eigenvalue weighted by Crippen LogP contribution is 2.16. The van der Waals surface area contributed by atoms with Gasteiger partial charge in [0.2, 0.25) is 5.91 Å². The van der Waals surface area contributed by atoms with Crippen molar-refractivity contribution in [3.8, 4) is 0 Å². The summed E-state index contributed by atoms with van der Waals surface area (Å²) in [4.78, 5) is 15.4. The van der Waals surface area contributed by atoms with Crippen LogP contribution in [0.25, 0.3) is 10.8 Å². The van der Waals surface area contributed by atoms with Gasteiger partial charge in [-0.3, -0.25) is 9.78 Å². The number of nitrogens with one attached hydrogen (secondary N) is 2. The van der Waals surface area contributed by atoms with Gasteiger partial charge in [0.1, 0.15) is 0 Å². The maximum absolute atomic E-state index is 11.3. The Bertz CT molecular complexity index is 549. The molecule has 0 spiro atoms. The highest BCUT2D eigenvalue weighted by atomic mass is 16.1. The summed E-state index contributed by atoms with van der Waals surface area (Å²) in [5, 5.41) is 8.44. The smallest absolute Gasteiger partial charge is 0.221 e. The van der Waals surface area contributed by atoms with Gasteiger partial charge in [-0.05, 0) is 23.9 Å². The summed E-state index contributed by atoms with van der Waals surface area (Å²) in [6.07, 6.45) is 4.19. The second-order valence-electron chi connectivity index (χ2n) is 4.39. The third-order valence-electron chi connectivity index (χ3n) is 2.99. The molecule has 0 aliphatic heterocycles. The van der Waals surface area contributed by atoms with Crippen molar-refractivity contribution in [2.45, 2.75) is 19.9 Å². The van der Waals surface area contributed by atoms with E-state index < -0.39 is 0 Å². The van der Waals surface area contributed by atoms with Gasteiger partial charge in [0.15, 0.2) is 0 Å². The van der Waals surface area contributed by atoms with Crippen molar-refractivity contribution in [2.75, 3.05) is 13.1 Å². The van der Waals surface area contributed by atoms with Crippen LogP contribution >= 0.6 is 0 Å². The lowest BCUT2D eigenvalue weighted by Crippen LogP contribution is -2.27. The molecule has 0 aliphatic carbocycles. The van der Waals surface area contributed by atoms with Crippen molar-refractivity contribution >= 4 is 16.7 Å². The number of amides is 1. The predicted molar refractivity (Wildman–Crippen MR) is 76.8 cm³/mol. The molecule has 2 N–H and O–H groups in total. The average Bonchev–Trinajstić information content (AvgIpc) is 2.44. The third-order valence-corrected chi connectivity index (χ3v) is 2.99. The molecule has 100 valence electrons. The molecule has 0 bridgehead atoms. The lowest BCUT2D eigenvalue weighted by Gasteiger charge is -2.08. The van der Waals surface area contributed by atoms with E-state index in [1.54, 1.807) is 6.20 Å². The maximum Gasteiger partial charge on any atom is 0.221 e. The Balaban J connectivity index is 1.90. The van der Waals surface area contributed by atoms with Gasteiger partial charge in [-0.2, -0.15) is 0 Å². The molecule has 19 heavy (non-hydrogen) atoms. The van der Waals surface area contributed by atoms with Crippen molar-refractivity contribution in [3.05, 3.63) is 42.2 Å². The highest BCUT2D eigenvalue weighted by molar-refractivity contribution is 5.84. The van der Waals surface area contributed by atoms with Crippen LogP contribution in [0.4, 0.5) is 0 Å². The molecule has 0 radical (unpaired) electrons. The molecule has 0 unspecified atom stereocenters. The van der Waals surface area contributed by atoms with Crippen LogP contribution in [0.15, 0.2) is 36.7 Å². The Morgan fingerprint density at radius 2 is 2.21 bits per heavy atom. The fourth-order valence-electron chi connectivity index (χ4n) is 2.05. The van der Waals surface area contributed by atoms with Crippen LogP contribution in [0.3, 0.4) is 0 Å². The van der Waals surface area contributed by atoms with Gasteiger partial charge < -0.3 is 10.6 Å². The Hall–Kier alpha value is -1.94. The zero-order chi connectivity index (χ0) is 13.5. The first kappa shape index (κ1) is 13.5. The molecular weight excluding hydrogens is 238 g/mol. The molecule has 4 heteroatoms. The molecule has 1 amide bonds. The first-order chi connectivity index (χ1) is 9.31. The van der Waals surface area contributed by atoms with Crippen molar-refractivity contribution in [2.24, 2.45) is 0 Å². The standard InChI is InChI=1S/C15H19N3O/c1-2-18-15(19)7-9-17-11-13-5-3-4-12-10-16-8-6-14(12)13/h3-6,8,10,17H,2,7,9,11H2,1H3,(H,18,19). The molecule has 0 aliphatic rings. The van der Waals surface area contributed by atoms with Gasteiger partial charge in [0.05, 0.1) is 0 Å². The number of hydrogen-bond donors (Lipinski definition) is 2. The van der Waals surface area contributed by atoms with Gasteiger partial charge in [-0.25, -0.2) is 0 Å². The lowest BCUT2D eigenvalue weighted by atomic mass is 10.1. The number of hydrogen-bond acceptors (Lipinski definition) is 3. The van der Waals surface area contributed by atoms with Gasteiger partial charge >= 0.3 is 0 Å². The van der Waals surface area contributed by atoms with Crippen LogP contribution in [-0.2, 0) is 11.3 Å². The molecule has 0 saturated carbocycles. The van der Waals surface area contributed by atoms with E-state index in [1.165, 1.54) is 10.9 Å². The van der Waals surface area contributed by atoms with Gasteiger partial charge in [0, 0.05) is 43.8 Å². The van der Waals surface area contributed by atoms with E-state index in [2.05, 4.69) is 27.8 Å². The molecule has 0 atom stereocenters. The summed E-state index contributed by atoms with van der Waals surface area (Å²) in [5.74, 6) is 0.0946. The van der Waals surface area contributed by atoms with E-state index in [1.807, 2.05) is 25.3 Å². The molecule has 1 aromatic carbocycles. The third kappa shape index (κ3) is 3.76. The summed E-state index contributed by atoms with van der Waals surface area (Å²) >= 11 is 0. The summed E-state index contributed by atoms with van der Waals surface area (Å²) in [6, 6.07) is 8.21. The zero-order valence-electron chi connectivity index (χ0n) is 11.1. The number of carbonyl (C=O) groups is 1. The lowest BCUT2D eigenvalue weighted by molar-refractivity contribution is -0.120. The molecule has 4 nitrogen and oxygen atoms in total. The number of fused-ring (bicyclic) bond motifs is 1. The molecule has 2 aromatic rings. The van der Waals surface area contributed by atoms with Crippen LogP contribution in [0.5, 0.6) is 0 Å². The van der Waals surface area contributed by atoms with Crippen LogP contribution in [0.1, 0.15) is 18.9 Å². The summed E-state index contributed by atoms with van der Waals surface area (Å²) in [5.41, 5.74) is 1.23. The number of nitrogens with zero attached hydrogens (tertiary/aromatic N) is 1. The number of aromatic nitrogens is 1. The molecule has 0 fully saturated rings. The van der Waals surface area contributed by atoms with Crippen LogP contribution in [0.2, 0.25) is 0 Å². The topological polar surface area (TPSA) is 54.0 Å². The molecule has 1 aromatic heterocycles. The van der Waals surface area contributed by atoms with E-state index in [9.17, 15) is 4.79 Å². The van der Waals surface area contributed by atoms with Gasteiger partial charge in [0.25, 0.3) is 0 Å². The first-order valence-corrected chi connectivity index (χ1v) is 6.60. The Morgan fingerprint density at radius 3 is 3.05 bits per heavy atom. The first-order valence-electron chi connectivity index (χ1n) is 6.60. The van der Waals surface area contributed by atoms with Crippen molar-refractivity contribution < 1.29 is 4.79 Å². The minimum Gasteiger partial charge on any atom is -0.356 e. The quantitative estimate of drug-likeness (QED) is 0.777. The second-order valence-corrected chi connectivity index (χ2v) is 4.39. The number of pyridine rings is 1. The van der Waals surface area contributed by atoms with Crippen LogP contribution in [-0.4, -0.2) is 24.0 Å². The van der Waals surface area contributed by atoms with E-state index in [-0.39, 0.29) is 5.91 Å². The van der Waals surface area contributed by atoms with Crippen molar-refractivity contribution in [3.63, 3.8) is 0 Å². The summed E-state index contributed by atoms with van der Waals surface area (Å²) in [7, 11) is 0. The number of carbonyl (C=O) groups excluding carboxylic acids is 1. The zero-order valence-corrected chi connectivity index (χ0v) is 11.1. The maximum atomic E-state index is 11.3. The Labute approximate surface area is 113 Å². The predicted octanol–water partition coefficient (Wildman–Crippen LogP) is 1.85. The Morgan fingerprint density at radius 1 is 1.32 bits per heavy atom. The Kier molecular flexibility index (Phi) is 4.86. The van der Waals surface area contributed by atoms with Crippen LogP contribution in [0, 0.1) is 0 Å². The monoisotopic (exact) mass is 257 g/mol. The van der Waals surface area contributed by atoms with Gasteiger partial charge in [-0.1, -0.05) is 18.2 Å². The van der Waals surface area contributed by atoms with E-state index in [0.29, 0.717) is 19.5 Å². The largest absolute Gasteiger partial charge is 0.356 e. The summed E-state index contributed by atoms with van der Waals surface area (Å²) in [6.45, 7) is 4.07. The average molecular weight is 257 g/mol. The summed E-state index contributed by atoms with van der Waals surface area (Å²) < 4.78 is 0. The van der Waals surface area contributed by atoms with E-state index in [4.69, 9.17) is 0 Å². The number of benzene rings is 1. The SMILES string of the molecule is CCNC(=O)CCNCc1cccc2cnccc12. The van der Waals surface area contributed by atoms with Crippen LogP contribution < -0.4 is 10.6 Å². The molecule has 1 heterocycles. The van der Waals surface area contributed by atoms with Crippen molar-refractivity contribution in [1.82, 2.24) is 15.6 Å². The molecular formula is C15H19N3O. The minimum absolute atomic E-state index is 0.0946. The molecule has 2 rings (SSSR count). The fraction of sp³-hybridized carbons (Fsp3) is 0.333. The normalized spacial score (nSPS) is 10.6. The molecule has 0 saturated heterocycles. The second kappa shape index (κ2) is 6.85. The number of rotatable bonds is 6. The highest BCUT2D eigenvalue weighted by Gasteiger charge is 2.01. The van der Waals surface area contributed by atoms with Crippen molar-refractivity contribution in [1.29, 1.82) is 0 Å². The van der Waals surface area contributed by atoms with Gasteiger partial charge in [-0.15, -0.1) is 0 Å². The fourth-order valence-corrected chi connectivity index (χ4v) is 2.05. The minimum atomic E-state index is 0.0946.